The maximum atomic E-state index is 11.3. The fourth-order valence-corrected chi connectivity index (χ4v) is 1.15. The molecule has 1 aromatic rings. The van der Waals surface area contributed by atoms with Crippen LogP contribution in [0.5, 0.6) is 0 Å². The van der Waals surface area contributed by atoms with Crippen LogP contribution in [-0.4, -0.2) is 23.9 Å². The summed E-state index contributed by atoms with van der Waals surface area (Å²) in [4.78, 5) is 12.0. The van der Waals surface area contributed by atoms with Crippen molar-refractivity contribution in [1.29, 1.82) is 0 Å². The molecule has 6 nitrogen and oxygen atoms in total. The van der Waals surface area contributed by atoms with E-state index in [1.165, 1.54) is 25.3 Å². The Balaban J connectivity index is 3.25. The van der Waals surface area contributed by atoms with E-state index in [2.05, 4.69) is 0 Å². The lowest BCUT2D eigenvalue weighted by atomic mass is 10.2. The molecule has 16 heavy (non-hydrogen) atoms. The molecular formula is C10H13N3O3. The van der Waals surface area contributed by atoms with Crippen LogP contribution in [0.3, 0.4) is 0 Å². The largest absolute Gasteiger partial charge is 0.618 e. The first-order valence-electron chi connectivity index (χ1n) is 4.64. The third-order valence-corrected chi connectivity index (χ3v) is 1.99. The van der Waals surface area contributed by atoms with Gasteiger partial charge in [-0.1, -0.05) is 0 Å². The van der Waals surface area contributed by atoms with E-state index in [4.69, 9.17) is 0 Å². The van der Waals surface area contributed by atoms with Crippen molar-refractivity contribution in [3.63, 3.8) is 0 Å². The highest BCUT2D eigenvalue weighted by Crippen LogP contribution is 2.18. The molecule has 0 atom stereocenters. The molecule has 1 rings (SSSR count). The first-order chi connectivity index (χ1) is 7.41. The summed E-state index contributed by atoms with van der Waals surface area (Å²) in [7, 11) is 3.59. The molecule has 0 amide bonds. The Bertz CT molecular complexity index is 441. The first-order valence-corrected chi connectivity index (χ1v) is 4.64. The van der Waals surface area contributed by atoms with Crippen molar-refractivity contribution < 1.29 is 9.65 Å². The molecule has 0 aromatic carbocycles. The minimum absolute atomic E-state index is 0.0669. The number of nitrogens with zero attached hydrogens (tertiary/aromatic N) is 3. The van der Waals surface area contributed by atoms with Crippen LogP contribution in [-0.2, 0) is 0 Å². The number of aryl methyl sites for hydroxylation is 1. The molecule has 0 saturated carbocycles. The van der Waals surface area contributed by atoms with Crippen LogP contribution in [0.2, 0.25) is 0 Å². The Morgan fingerprint density at radius 2 is 2.12 bits per heavy atom. The molecule has 0 N–H and O–H groups in total. The van der Waals surface area contributed by atoms with Crippen molar-refractivity contribution in [2.24, 2.45) is 0 Å². The Kier molecular flexibility index (Phi) is 3.44. The van der Waals surface area contributed by atoms with Crippen LogP contribution in [0.25, 0.3) is 6.08 Å². The van der Waals surface area contributed by atoms with Crippen LogP contribution < -0.4 is 4.73 Å². The summed E-state index contributed by atoms with van der Waals surface area (Å²) in [6, 6.07) is 1.27. The van der Waals surface area contributed by atoms with Gasteiger partial charge in [-0.05, 0) is 12.3 Å². The highest BCUT2D eigenvalue weighted by atomic mass is 16.6. The normalized spacial score (nSPS) is 10.7. The molecule has 0 saturated heterocycles. The predicted octanol–water partition coefficient (Wildman–Crippen LogP) is 1.07. The average Bonchev–Trinajstić information content (AvgIpc) is 2.18. The molecule has 6 heteroatoms. The Hall–Kier alpha value is -2.11. The van der Waals surface area contributed by atoms with Gasteiger partial charge in [-0.15, -0.1) is 0 Å². The van der Waals surface area contributed by atoms with Gasteiger partial charge >= 0.3 is 0 Å². The molecule has 0 aliphatic rings. The zero-order valence-electron chi connectivity index (χ0n) is 9.38. The lowest BCUT2D eigenvalue weighted by Gasteiger charge is -2.05. The molecule has 0 aliphatic heterocycles. The van der Waals surface area contributed by atoms with Gasteiger partial charge in [0, 0.05) is 21.0 Å². The van der Waals surface area contributed by atoms with Crippen molar-refractivity contribution >= 4 is 11.8 Å². The van der Waals surface area contributed by atoms with Gasteiger partial charge < -0.3 is 10.1 Å². The number of hydrogen-bond acceptors (Lipinski definition) is 4. The highest BCUT2D eigenvalue weighted by molar-refractivity contribution is 5.58. The summed E-state index contributed by atoms with van der Waals surface area (Å²) in [5.41, 5.74) is 0.524. The lowest BCUT2D eigenvalue weighted by Crippen LogP contribution is -2.30. The fourth-order valence-electron chi connectivity index (χ4n) is 1.15. The second kappa shape index (κ2) is 4.61. The van der Waals surface area contributed by atoms with Crippen molar-refractivity contribution in [2.45, 2.75) is 6.92 Å². The average molecular weight is 223 g/mol. The molecule has 0 aliphatic carbocycles. The number of pyridine rings is 1. The van der Waals surface area contributed by atoms with Gasteiger partial charge in [-0.3, -0.25) is 10.1 Å². The van der Waals surface area contributed by atoms with Crippen molar-refractivity contribution in [2.75, 3.05) is 14.1 Å². The minimum atomic E-state index is -0.498. The SMILES string of the molecule is Cc1cc([N+](=O)[O-])c(C=CN(C)C)c[n+]1[O-]. The van der Waals surface area contributed by atoms with Gasteiger partial charge in [0.15, 0.2) is 11.9 Å². The first kappa shape index (κ1) is 12.0. The van der Waals surface area contributed by atoms with Crippen LogP contribution >= 0.6 is 0 Å². The summed E-state index contributed by atoms with van der Waals surface area (Å²) in [5, 5.41) is 22.1. The number of rotatable bonds is 3. The van der Waals surface area contributed by atoms with Crippen molar-refractivity contribution in [1.82, 2.24) is 4.90 Å². The monoisotopic (exact) mass is 223 g/mol. The van der Waals surface area contributed by atoms with Gasteiger partial charge in [0.1, 0.15) is 5.56 Å². The van der Waals surface area contributed by atoms with E-state index >= 15 is 0 Å². The van der Waals surface area contributed by atoms with E-state index < -0.39 is 4.92 Å². The summed E-state index contributed by atoms with van der Waals surface area (Å²) < 4.78 is 0.613. The summed E-state index contributed by atoms with van der Waals surface area (Å²) in [5.74, 6) is 0. The van der Waals surface area contributed by atoms with E-state index in [1.54, 1.807) is 25.2 Å². The van der Waals surface area contributed by atoms with Crippen LogP contribution in [0.1, 0.15) is 11.3 Å². The Morgan fingerprint density at radius 1 is 1.50 bits per heavy atom. The standard InChI is InChI=1S/C10H13N3O3/c1-8-6-10(13(15)16)9(7-12(8)14)4-5-11(2)3/h4-7H,1-3H3. The Morgan fingerprint density at radius 3 is 2.62 bits per heavy atom. The third kappa shape index (κ3) is 2.69. The molecular weight excluding hydrogens is 210 g/mol. The predicted molar refractivity (Wildman–Crippen MR) is 59.5 cm³/mol. The van der Waals surface area contributed by atoms with Crippen molar-refractivity contribution in [3.8, 4) is 0 Å². The molecule has 0 bridgehead atoms. The maximum Gasteiger partial charge on any atom is 0.289 e. The molecule has 0 fully saturated rings. The van der Waals surface area contributed by atoms with Crippen LogP contribution in [0.4, 0.5) is 5.69 Å². The third-order valence-electron chi connectivity index (χ3n) is 1.99. The van der Waals surface area contributed by atoms with E-state index in [9.17, 15) is 15.3 Å². The maximum absolute atomic E-state index is 11.3. The van der Waals surface area contributed by atoms with Crippen LogP contribution in [0, 0.1) is 22.2 Å². The van der Waals surface area contributed by atoms with E-state index in [0.717, 1.165) is 0 Å². The minimum Gasteiger partial charge on any atom is -0.618 e. The molecule has 86 valence electrons. The van der Waals surface area contributed by atoms with E-state index in [1.807, 2.05) is 0 Å². The molecule has 0 spiro atoms. The zero-order chi connectivity index (χ0) is 12.3. The van der Waals surface area contributed by atoms with E-state index in [0.29, 0.717) is 16.0 Å². The van der Waals surface area contributed by atoms with Gasteiger partial charge in [0.25, 0.3) is 5.69 Å². The van der Waals surface area contributed by atoms with E-state index in [-0.39, 0.29) is 5.69 Å². The summed E-state index contributed by atoms with van der Waals surface area (Å²) >= 11 is 0. The van der Waals surface area contributed by atoms with Crippen LogP contribution in [0.15, 0.2) is 18.5 Å². The number of hydrogen-bond donors (Lipinski definition) is 0. The zero-order valence-corrected chi connectivity index (χ0v) is 9.38. The van der Waals surface area contributed by atoms with Gasteiger partial charge in [-0.25, -0.2) is 0 Å². The summed E-state index contributed by atoms with van der Waals surface area (Å²) in [6.45, 7) is 1.53. The smallest absolute Gasteiger partial charge is 0.289 e. The lowest BCUT2D eigenvalue weighted by molar-refractivity contribution is -0.613. The second-order valence-electron chi connectivity index (χ2n) is 3.62. The summed E-state index contributed by atoms with van der Waals surface area (Å²) in [6.07, 6.45) is 4.39. The highest BCUT2D eigenvalue weighted by Gasteiger charge is 2.17. The molecule has 1 aromatic heterocycles. The molecule has 0 radical (unpaired) electrons. The molecule has 1 heterocycles. The van der Waals surface area contributed by atoms with Gasteiger partial charge in [-0.2, -0.15) is 4.73 Å². The van der Waals surface area contributed by atoms with Gasteiger partial charge in [0.05, 0.1) is 11.0 Å². The molecule has 0 unspecified atom stereocenters. The Labute approximate surface area is 93.2 Å². The fraction of sp³-hybridized carbons (Fsp3) is 0.300. The number of nitro groups is 1. The topological polar surface area (TPSA) is 73.3 Å². The van der Waals surface area contributed by atoms with Gasteiger partial charge in [0.2, 0.25) is 0 Å². The second-order valence-corrected chi connectivity index (χ2v) is 3.62. The van der Waals surface area contributed by atoms with Crippen molar-refractivity contribution in [3.05, 3.63) is 45.0 Å². The number of aromatic nitrogens is 1. The quantitative estimate of drug-likeness (QED) is 0.332.